The zero-order chi connectivity index (χ0) is 44.5. The molecule has 0 bridgehead atoms. The van der Waals surface area contributed by atoms with E-state index in [2.05, 4.69) is 123 Å². The van der Waals surface area contributed by atoms with Gasteiger partial charge in [0.2, 0.25) is 5.91 Å². The van der Waals surface area contributed by atoms with Crippen molar-refractivity contribution in [1.29, 1.82) is 0 Å². The zero-order valence-corrected chi connectivity index (χ0v) is 39.5. The number of rotatable bonds is 43. The molecule has 0 heterocycles. The van der Waals surface area contributed by atoms with Gasteiger partial charge in [0, 0.05) is 6.42 Å². The Balaban J connectivity index is 4.68. The average Bonchev–Trinajstić information content (AvgIpc) is 3.25. The number of ether oxygens (including phenoxy) is 1. The third-order valence-electron chi connectivity index (χ3n) is 10.7. The Hall–Kier alpha value is -3.22. The number of allylic oxidation sites excluding steroid dienone is 16. The summed E-state index contributed by atoms with van der Waals surface area (Å²) in [5, 5.41) is 23.7. The Morgan fingerprint density at radius 2 is 0.885 bits per heavy atom. The minimum absolute atomic E-state index is 0.0323. The van der Waals surface area contributed by atoms with Gasteiger partial charge in [-0.3, -0.25) is 9.59 Å². The van der Waals surface area contributed by atoms with Gasteiger partial charge in [-0.25, -0.2) is 0 Å². The van der Waals surface area contributed by atoms with Gasteiger partial charge in [0.05, 0.1) is 25.2 Å². The summed E-state index contributed by atoms with van der Waals surface area (Å²) in [7, 11) is 0. The highest BCUT2D eigenvalue weighted by Crippen LogP contribution is 2.16. The maximum atomic E-state index is 13.2. The normalized spacial score (nSPS) is 14.1. The number of amides is 1. The van der Waals surface area contributed by atoms with E-state index < -0.39 is 18.2 Å². The van der Waals surface area contributed by atoms with Crippen LogP contribution in [0.4, 0.5) is 0 Å². The fourth-order valence-corrected chi connectivity index (χ4v) is 6.94. The van der Waals surface area contributed by atoms with E-state index >= 15 is 0 Å². The van der Waals surface area contributed by atoms with E-state index in [4.69, 9.17) is 4.74 Å². The number of esters is 1. The lowest BCUT2D eigenvalue weighted by molar-refractivity contribution is -0.151. The second kappa shape index (κ2) is 47.8. The van der Waals surface area contributed by atoms with E-state index in [1.54, 1.807) is 0 Å². The largest absolute Gasteiger partial charge is 0.462 e. The molecule has 3 atom stereocenters. The molecule has 61 heavy (non-hydrogen) atoms. The highest BCUT2D eigenvalue weighted by atomic mass is 16.5. The van der Waals surface area contributed by atoms with Crippen LogP contribution in [0.5, 0.6) is 0 Å². The first-order chi connectivity index (χ1) is 30.0. The first-order valence-corrected chi connectivity index (χ1v) is 25.0. The molecule has 0 rings (SSSR count). The molecule has 0 aromatic heterocycles. The first kappa shape index (κ1) is 57.8. The van der Waals surface area contributed by atoms with E-state index in [0.29, 0.717) is 19.3 Å². The zero-order valence-electron chi connectivity index (χ0n) is 39.5. The Labute approximate surface area is 376 Å². The molecule has 3 unspecified atom stereocenters. The van der Waals surface area contributed by atoms with Crippen molar-refractivity contribution in [2.45, 2.75) is 232 Å². The van der Waals surface area contributed by atoms with Gasteiger partial charge in [-0.2, -0.15) is 0 Å². The molecule has 0 aliphatic heterocycles. The Morgan fingerprint density at radius 3 is 1.34 bits per heavy atom. The topological polar surface area (TPSA) is 95.9 Å². The van der Waals surface area contributed by atoms with Crippen LogP contribution >= 0.6 is 0 Å². The number of carbonyl (C=O) groups is 2. The predicted molar refractivity (Wildman–Crippen MR) is 264 cm³/mol. The van der Waals surface area contributed by atoms with Gasteiger partial charge in [-0.15, -0.1) is 0 Å². The monoisotopic (exact) mass is 848 g/mol. The molecule has 0 aromatic rings. The number of aliphatic hydroxyl groups is 2. The first-order valence-electron chi connectivity index (χ1n) is 25.0. The van der Waals surface area contributed by atoms with Gasteiger partial charge < -0.3 is 20.3 Å². The van der Waals surface area contributed by atoms with Gasteiger partial charge in [0.15, 0.2) is 0 Å². The molecule has 0 spiro atoms. The molecule has 0 aliphatic rings. The highest BCUT2D eigenvalue weighted by molar-refractivity contribution is 5.77. The van der Waals surface area contributed by atoms with Crippen molar-refractivity contribution < 1.29 is 24.5 Å². The van der Waals surface area contributed by atoms with Crippen LogP contribution in [0.2, 0.25) is 0 Å². The fraction of sp³-hybridized carbons (Fsp3) is 0.673. The summed E-state index contributed by atoms with van der Waals surface area (Å²) in [6, 6.07) is -0.725. The standard InChI is InChI=1S/C55H93NO5/c1-4-7-10-13-16-19-22-24-25-26-27-28-29-30-33-36-39-42-45-48-55(60)61-51(46-43-40-37-34-32-23-20-17-14-11-8-5-2)49-54(59)56-52(50-57)53(58)47-44-41-38-35-31-21-18-15-12-9-6-3/h7-8,10-11,16-17,19-20,24-25,27-28,30,32-34,51-53,57-58H,4-6,9,12-15,18,21-23,26,29,31,35-50H2,1-3H3,(H,56,59)/b10-7-,11-8+,19-16-,20-17+,25-24-,28-27-,33-30-,34-32+. The van der Waals surface area contributed by atoms with Crippen molar-refractivity contribution in [2.75, 3.05) is 6.61 Å². The van der Waals surface area contributed by atoms with Crippen LogP contribution < -0.4 is 5.32 Å². The maximum Gasteiger partial charge on any atom is 0.306 e. The summed E-state index contributed by atoms with van der Waals surface area (Å²) in [6.45, 7) is 6.21. The number of hydrogen-bond acceptors (Lipinski definition) is 5. The molecule has 0 fully saturated rings. The second-order valence-corrected chi connectivity index (χ2v) is 16.4. The van der Waals surface area contributed by atoms with Crippen molar-refractivity contribution in [2.24, 2.45) is 0 Å². The minimum Gasteiger partial charge on any atom is -0.462 e. The van der Waals surface area contributed by atoms with E-state index in [1.807, 2.05) is 0 Å². The fourth-order valence-electron chi connectivity index (χ4n) is 6.94. The van der Waals surface area contributed by atoms with Gasteiger partial charge in [-0.1, -0.05) is 195 Å². The molecule has 1 amide bonds. The predicted octanol–water partition coefficient (Wildman–Crippen LogP) is 14.9. The Bertz CT molecular complexity index is 1220. The molecular weight excluding hydrogens is 755 g/mol. The summed E-state index contributed by atoms with van der Waals surface area (Å²) < 4.78 is 5.89. The van der Waals surface area contributed by atoms with Gasteiger partial charge >= 0.3 is 5.97 Å². The Kier molecular flexibility index (Phi) is 45.3. The molecule has 0 saturated heterocycles. The van der Waals surface area contributed by atoms with Crippen molar-refractivity contribution >= 4 is 11.9 Å². The number of aliphatic hydroxyl groups excluding tert-OH is 2. The van der Waals surface area contributed by atoms with E-state index in [9.17, 15) is 19.8 Å². The lowest BCUT2D eigenvalue weighted by Gasteiger charge is -2.24. The van der Waals surface area contributed by atoms with Crippen LogP contribution in [0.25, 0.3) is 0 Å². The molecule has 0 saturated carbocycles. The quantitative estimate of drug-likeness (QED) is 0.0323. The van der Waals surface area contributed by atoms with Gasteiger partial charge in [0.25, 0.3) is 0 Å². The van der Waals surface area contributed by atoms with Crippen LogP contribution in [-0.4, -0.2) is 46.9 Å². The van der Waals surface area contributed by atoms with Gasteiger partial charge in [0.1, 0.15) is 6.10 Å². The van der Waals surface area contributed by atoms with Crippen molar-refractivity contribution in [3.63, 3.8) is 0 Å². The van der Waals surface area contributed by atoms with E-state index in [1.165, 1.54) is 51.4 Å². The lowest BCUT2D eigenvalue weighted by atomic mass is 10.0. The minimum atomic E-state index is -0.808. The summed E-state index contributed by atoms with van der Waals surface area (Å²) >= 11 is 0. The molecule has 348 valence electrons. The summed E-state index contributed by atoms with van der Waals surface area (Å²) in [5.74, 6) is -0.559. The number of unbranched alkanes of at least 4 members (excludes halogenated alkanes) is 15. The summed E-state index contributed by atoms with van der Waals surface area (Å²) in [6.07, 6.45) is 63.3. The van der Waals surface area contributed by atoms with Crippen LogP contribution in [-0.2, 0) is 14.3 Å². The molecule has 3 N–H and O–H groups in total. The van der Waals surface area contributed by atoms with Crippen molar-refractivity contribution in [3.05, 3.63) is 97.2 Å². The summed E-state index contributed by atoms with van der Waals surface area (Å²) in [5.41, 5.74) is 0. The third-order valence-corrected chi connectivity index (χ3v) is 10.7. The molecule has 0 radical (unpaired) electrons. The third kappa shape index (κ3) is 43.2. The lowest BCUT2D eigenvalue weighted by Crippen LogP contribution is -2.46. The van der Waals surface area contributed by atoms with Crippen LogP contribution in [0, 0.1) is 0 Å². The van der Waals surface area contributed by atoms with Crippen LogP contribution in [0.3, 0.4) is 0 Å². The number of nitrogens with one attached hydrogen (secondary N) is 1. The second-order valence-electron chi connectivity index (χ2n) is 16.4. The molecule has 6 heteroatoms. The van der Waals surface area contributed by atoms with E-state index in [-0.39, 0.29) is 24.9 Å². The molecule has 0 aliphatic carbocycles. The van der Waals surface area contributed by atoms with Crippen molar-refractivity contribution in [1.82, 2.24) is 5.32 Å². The molecule has 0 aromatic carbocycles. The van der Waals surface area contributed by atoms with Crippen LogP contribution in [0.15, 0.2) is 97.2 Å². The maximum absolute atomic E-state index is 13.2. The van der Waals surface area contributed by atoms with Crippen LogP contribution in [0.1, 0.15) is 213 Å². The molecule has 6 nitrogen and oxygen atoms in total. The summed E-state index contributed by atoms with van der Waals surface area (Å²) in [4.78, 5) is 26.1. The molecular formula is C55H93NO5. The Morgan fingerprint density at radius 1 is 0.492 bits per heavy atom. The smallest absolute Gasteiger partial charge is 0.306 e. The van der Waals surface area contributed by atoms with E-state index in [0.717, 1.165) is 116 Å². The van der Waals surface area contributed by atoms with Gasteiger partial charge in [-0.05, 0) is 103 Å². The number of carbonyl (C=O) groups excluding carboxylic acids is 2. The number of hydrogen-bond donors (Lipinski definition) is 3. The SMILES string of the molecule is CC/C=C\C/C=C\C/C=C\C/C=C\C/C=C\CCCCCC(=O)OC(CCCC/C=C/C/C=C/C/C=C/CC)CC(=O)NC(CO)C(O)CCCCCCCCCCCCC. The highest BCUT2D eigenvalue weighted by Gasteiger charge is 2.24. The van der Waals surface area contributed by atoms with Crippen molar-refractivity contribution in [3.8, 4) is 0 Å². The average molecular weight is 848 g/mol.